The van der Waals surface area contributed by atoms with Crippen molar-refractivity contribution in [3.05, 3.63) is 101 Å². The van der Waals surface area contributed by atoms with Crippen LogP contribution < -0.4 is 16.0 Å². The van der Waals surface area contributed by atoms with Crippen LogP contribution in [0.2, 0.25) is 5.02 Å². The number of anilines is 1. The van der Waals surface area contributed by atoms with Crippen LogP contribution in [0.4, 0.5) is 5.95 Å². The molecule has 10 heteroatoms. The van der Waals surface area contributed by atoms with Gasteiger partial charge in [0.15, 0.2) is 5.78 Å². The summed E-state index contributed by atoms with van der Waals surface area (Å²) in [6, 6.07) is 24.1. The maximum absolute atomic E-state index is 12.3. The molecular formula is C24H21ClN6O2S. The fourth-order valence-corrected chi connectivity index (χ4v) is 3.79. The minimum Gasteiger partial charge on any atom is -0.488 e. The Morgan fingerprint density at radius 1 is 1.06 bits per heavy atom. The number of nitrogens with one attached hydrogen (secondary N) is 1. The number of benzene rings is 3. The molecule has 3 aromatic carbocycles. The van der Waals surface area contributed by atoms with Gasteiger partial charge in [-0.25, -0.2) is 10.1 Å². The molecule has 0 bridgehead atoms. The highest BCUT2D eigenvalue weighted by Gasteiger charge is 2.13. The Hall–Kier alpha value is -3.82. The first-order valence-electron chi connectivity index (χ1n) is 10.3. The van der Waals surface area contributed by atoms with Crippen molar-refractivity contribution in [1.29, 1.82) is 0 Å². The van der Waals surface area contributed by atoms with E-state index in [2.05, 4.69) is 20.7 Å². The molecule has 4 rings (SSSR count). The first-order chi connectivity index (χ1) is 16.6. The van der Waals surface area contributed by atoms with Crippen LogP contribution in [0.3, 0.4) is 0 Å². The highest BCUT2D eigenvalue weighted by Crippen LogP contribution is 2.20. The minimum atomic E-state index is -0.0173. The van der Waals surface area contributed by atoms with Gasteiger partial charge in [-0.3, -0.25) is 4.79 Å². The number of Topliss-reactive ketones (excluding diaryl/α,β-unsaturated/α-hetero) is 1. The molecule has 3 N–H and O–H groups in total. The van der Waals surface area contributed by atoms with Crippen LogP contribution in [0.1, 0.15) is 21.5 Å². The van der Waals surface area contributed by atoms with E-state index in [-0.39, 0.29) is 17.5 Å². The summed E-state index contributed by atoms with van der Waals surface area (Å²) in [5.74, 6) is 7.14. The summed E-state index contributed by atoms with van der Waals surface area (Å²) in [5, 5.41) is 13.3. The smallest absolute Gasteiger partial charge is 0.264 e. The number of hydrogen-bond acceptors (Lipinski definition) is 8. The Balaban J connectivity index is 1.34. The number of ketones is 1. The molecule has 34 heavy (non-hydrogen) atoms. The molecule has 0 aliphatic heterocycles. The third kappa shape index (κ3) is 6.15. The van der Waals surface area contributed by atoms with Crippen LogP contribution in [0, 0.1) is 0 Å². The lowest BCUT2D eigenvalue weighted by atomic mass is 10.2. The quantitative estimate of drug-likeness (QED) is 0.109. The summed E-state index contributed by atoms with van der Waals surface area (Å²) in [5.41, 5.74) is 5.19. The number of aromatic nitrogens is 3. The van der Waals surface area contributed by atoms with Crippen molar-refractivity contribution >= 4 is 41.3 Å². The molecule has 8 nitrogen and oxygen atoms in total. The zero-order chi connectivity index (χ0) is 23.8. The second-order valence-electron chi connectivity index (χ2n) is 7.08. The Bertz CT molecular complexity index is 1280. The molecule has 0 unspecified atom stereocenters. The number of para-hydroxylation sites is 1. The Kier molecular flexibility index (Phi) is 7.79. The summed E-state index contributed by atoms with van der Waals surface area (Å²) < 4.78 is 7.18. The predicted octanol–water partition coefficient (Wildman–Crippen LogP) is 4.65. The van der Waals surface area contributed by atoms with E-state index in [0.29, 0.717) is 28.1 Å². The van der Waals surface area contributed by atoms with Gasteiger partial charge in [-0.2, -0.15) is 5.10 Å². The van der Waals surface area contributed by atoms with Crippen LogP contribution >= 0.6 is 23.4 Å². The molecule has 0 amide bonds. The number of nitrogens with zero attached hydrogens (tertiary/aromatic N) is 4. The number of rotatable bonds is 10. The molecular weight excluding hydrogens is 472 g/mol. The van der Waals surface area contributed by atoms with Crippen LogP contribution in [-0.2, 0) is 6.61 Å². The van der Waals surface area contributed by atoms with Crippen molar-refractivity contribution in [2.24, 2.45) is 5.10 Å². The van der Waals surface area contributed by atoms with Gasteiger partial charge in [0.2, 0.25) is 5.16 Å². The molecule has 4 aromatic rings. The molecule has 1 heterocycles. The summed E-state index contributed by atoms with van der Waals surface area (Å²) in [6.45, 7) is 0.398. The topological polar surface area (TPSA) is 107 Å². The number of carbonyl (C=O) groups is 1. The lowest BCUT2D eigenvalue weighted by Gasteiger charge is -2.09. The van der Waals surface area contributed by atoms with Gasteiger partial charge in [-0.05, 0) is 29.8 Å². The average Bonchev–Trinajstić information content (AvgIpc) is 3.22. The largest absolute Gasteiger partial charge is 0.488 e. The van der Waals surface area contributed by atoms with Crippen LogP contribution in [-0.4, -0.2) is 32.6 Å². The maximum atomic E-state index is 12.3. The lowest BCUT2D eigenvalue weighted by Crippen LogP contribution is -2.14. The van der Waals surface area contributed by atoms with Gasteiger partial charge in [-0.15, -0.1) is 10.2 Å². The fourth-order valence-electron chi connectivity index (χ4n) is 2.91. The second kappa shape index (κ2) is 11.4. The third-order valence-electron chi connectivity index (χ3n) is 4.69. The zero-order valence-corrected chi connectivity index (χ0v) is 19.5. The van der Waals surface area contributed by atoms with Gasteiger partial charge < -0.3 is 10.6 Å². The van der Waals surface area contributed by atoms with Crippen molar-refractivity contribution in [2.45, 2.75) is 11.8 Å². The van der Waals surface area contributed by atoms with Crippen molar-refractivity contribution < 1.29 is 9.53 Å². The van der Waals surface area contributed by atoms with Crippen LogP contribution in [0.5, 0.6) is 5.75 Å². The van der Waals surface area contributed by atoms with E-state index in [1.165, 1.54) is 16.4 Å². The molecule has 0 saturated carbocycles. The molecule has 0 saturated heterocycles. The van der Waals surface area contributed by atoms with E-state index >= 15 is 0 Å². The number of nitrogen functional groups attached to an aromatic ring is 1. The average molecular weight is 493 g/mol. The van der Waals surface area contributed by atoms with Crippen LogP contribution in [0.25, 0.3) is 0 Å². The van der Waals surface area contributed by atoms with Crippen LogP contribution in [0.15, 0.2) is 89.1 Å². The number of ether oxygens (including phenoxy) is 1. The lowest BCUT2D eigenvalue weighted by molar-refractivity contribution is 0.102. The Morgan fingerprint density at radius 3 is 2.59 bits per heavy atom. The standard InChI is InChI=1S/C24H21ClN6O2S/c25-20-12-10-17(11-13-20)15-33-22-9-5-4-8-19(22)14-27-28-23-29-30-24(31(23)26)34-16-21(32)18-6-2-1-3-7-18/h1-14H,15-16,26H2,(H,28,29)/b27-14+. The first-order valence-corrected chi connectivity index (χ1v) is 11.6. The predicted molar refractivity (Wildman–Crippen MR) is 135 cm³/mol. The fraction of sp³-hybridized carbons (Fsp3) is 0.0833. The third-order valence-corrected chi connectivity index (χ3v) is 5.88. The number of carbonyl (C=O) groups excluding carboxylic acids is 1. The van der Waals surface area contributed by atoms with Crippen molar-refractivity contribution in [2.75, 3.05) is 17.0 Å². The van der Waals surface area contributed by atoms with Gasteiger partial charge in [-0.1, -0.05) is 78.0 Å². The summed E-state index contributed by atoms with van der Waals surface area (Å²) in [7, 11) is 0. The molecule has 0 aliphatic carbocycles. The van der Waals surface area contributed by atoms with Crippen molar-refractivity contribution in [3.8, 4) is 5.75 Å². The van der Waals surface area contributed by atoms with E-state index in [1.54, 1.807) is 18.3 Å². The number of halogens is 1. The molecule has 1 aromatic heterocycles. The highest BCUT2D eigenvalue weighted by molar-refractivity contribution is 7.99. The Labute approximate surface area is 205 Å². The van der Waals surface area contributed by atoms with Gasteiger partial charge in [0.25, 0.3) is 5.95 Å². The van der Waals surface area contributed by atoms with E-state index in [4.69, 9.17) is 22.2 Å². The van der Waals surface area contributed by atoms with E-state index in [0.717, 1.165) is 11.1 Å². The molecule has 172 valence electrons. The second-order valence-corrected chi connectivity index (χ2v) is 8.46. The summed E-state index contributed by atoms with van der Waals surface area (Å²) >= 11 is 7.13. The van der Waals surface area contributed by atoms with E-state index in [9.17, 15) is 4.79 Å². The SMILES string of the molecule is Nn1c(N/N=C/c2ccccc2OCc2ccc(Cl)cc2)nnc1SCC(=O)c1ccccc1. The van der Waals surface area contributed by atoms with E-state index < -0.39 is 0 Å². The van der Waals surface area contributed by atoms with Crippen molar-refractivity contribution in [3.63, 3.8) is 0 Å². The first kappa shape index (κ1) is 23.3. The van der Waals surface area contributed by atoms with Gasteiger partial charge in [0, 0.05) is 16.1 Å². The summed E-state index contributed by atoms with van der Waals surface area (Å²) in [4.78, 5) is 12.3. The highest BCUT2D eigenvalue weighted by atomic mass is 35.5. The van der Waals surface area contributed by atoms with Gasteiger partial charge in [0.1, 0.15) is 12.4 Å². The normalized spacial score (nSPS) is 11.0. The molecule has 0 atom stereocenters. The van der Waals surface area contributed by atoms with Gasteiger partial charge in [0.05, 0.1) is 12.0 Å². The maximum Gasteiger partial charge on any atom is 0.264 e. The number of hydrogen-bond donors (Lipinski definition) is 2. The molecule has 0 radical (unpaired) electrons. The number of nitrogens with two attached hydrogens (primary N) is 1. The minimum absolute atomic E-state index is 0.0173. The van der Waals surface area contributed by atoms with Gasteiger partial charge >= 0.3 is 0 Å². The zero-order valence-electron chi connectivity index (χ0n) is 18.0. The molecule has 0 spiro atoms. The monoisotopic (exact) mass is 492 g/mol. The number of thioether (sulfide) groups is 1. The van der Waals surface area contributed by atoms with Crippen molar-refractivity contribution in [1.82, 2.24) is 14.9 Å². The number of hydrazone groups is 1. The van der Waals surface area contributed by atoms with E-state index in [1.807, 2.05) is 66.7 Å². The summed E-state index contributed by atoms with van der Waals surface area (Å²) in [6.07, 6.45) is 1.61. The Morgan fingerprint density at radius 2 is 1.79 bits per heavy atom. The molecule has 0 aliphatic rings. The molecule has 0 fully saturated rings.